The molecule has 1 fully saturated rings. The Labute approximate surface area is 110 Å². The van der Waals surface area contributed by atoms with Gasteiger partial charge in [-0.1, -0.05) is 13.0 Å². The summed E-state index contributed by atoms with van der Waals surface area (Å²) in [5, 5.41) is 0. The van der Waals surface area contributed by atoms with Crippen LogP contribution in [0, 0.1) is 5.92 Å². The van der Waals surface area contributed by atoms with Crippen molar-refractivity contribution in [1.29, 1.82) is 0 Å². The molecule has 0 radical (unpaired) electrons. The zero-order valence-electron chi connectivity index (χ0n) is 11.3. The smallest absolute Gasteiger partial charge is 0.0804 e. The molecule has 0 aliphatic heterocycles. The topological polar surface area (TPSA) is 48.1 Å². The minimum absolute atomic E-state index is 0.0608. The fraction of sp³-hybridized carbons (Fsp3) is 0.667. The van der Waals surface area contributed by atoms with Crippen molar-refractivity contribution >= 4 is 0 Å². The van der Waals surface area contributed by atoms with Crippen LogP contribution in [0.3, 0.4) is 0 Å². The maximum atomic E-state index is 6.12. The summed E-state index contributed by atoms with van der Waals surface area (Å²) < 4.78 is 6.12. The van der Waals surface area contributed by atoms with E-state index in [9.17, 15) is 0 Å². The first kappa shape index (κ1) is 13.5. The molecule has 0 amide bonds. The lowest BCUT2D eigenvalue weighted by molar-refractivity contribution is -0.0688. The van der Waals surface area contributed by atoms with Crippen LogP contribution < -0.4 is 5.73 Å². The van der Waals surface area contributed by atoms with Gasteiger partial charge in [-0.3, -0.25) is 4.98 Å². The lowest BCUT2D eigenvalue weighted by Gasteiger charge is -2.38. The van der Waals surface area contributed by atoms with Crippen LogP contribution in [0.4, 0.5) is 0 Å². The van der Waals surface area contributed by atoms with Crippen molar-refractivity contribution < 1.29 is 4.74 Å². The minimum atomic E-state index is -0.0608. The molecule has 0 aromatic carbocycles. The Morgan fingerprint density at radius 1 is 1.44 bits per heavy atom. The maximum absolute atomic E-state index is 6.12. The van der Waals surface area contributed by atoms with E-state index in [1.54, 1.807) is 6.20 Å². The number of hydrogen-bond acceptors (Lipinski definition) is 3. The summed E-state index contributed by atoms with van der Waals surface area (Å²) in [6.07, 6.45) is 9.32. The lowest BCUT2D eigenvalue weighted by atomic mass is 9.79. The van der Waals surface area contributed by atoms with Gasteiger partial charge in [-0.2, -0.15) is 0 Å². The summed E-state index contributed by atoms with van der Waals surface area (Å²) in [6, 6.07) is 4.06. The van der Waals surface area contributed by atoms with E-state index >= 15 is 0 Å². The molecule has 1 saturated carbocycles. The zero-order valence-corrected chi connectivity index (χ0v) is 11.3. The SMILES string of the molecule is CC1CCC(CN)(OCCc2cccnc2)CC1. The van der Waals surface area contributed by atoms with Crippen molar-refractivity contribution in [3.05, 3.63) is 30.1 Å². The van der Waals surface area contributed by atoms with Crippen LogP contribution in [0.15, 0.2) is 24.5 Å². The summed E-state index contributed by atoms with van der Waals surface area (Å²) >= 11 is 0. The molecular formula is C15H24N2O. The van der Waals surface area contributed by atoms with Crippen LogP contribution in [-0.2, 0) is 11.2 Å². The first-order chi connectivity index (χ1) is 8.74. The van der Waals surface area contributed by atoms with E-state index in [-0.39, 0.29) is 5.60 Å². The molecule has 18 heavy (non-hydrogen) atoms. The molecule has 3 heteroatoms. The fourth-order valence-corrected chi connectivity index (χ4v) is 2.63. The molecule has 0 bridgehead atoms. The second-order valence-corrected chi connectivity index (χ2v) is 5.53. The predicted octanol–water partition coefficient (Wildman–Crippen LogP) is 2.55. The van der Waals surface area contributed by atoms with Crippen molar-refractivity contribution in [3.8, 4) is 0 Å². The largest absolute Gasteiger partial charge is 0.373 e. The maximum Gasteiger partial charge on any atom is 0.0804 e. The molecule has 1 heterocycles. The summed E-state index contributed by atoms with van der Waals surface area (Å²) in [4.78, 5) is 4.12. The second-order valence-electron chi connectivity index (χ2n) is 5.53. The van der Waals surface area contributed by atoms with Crippen molar-refractivity contribution in [1.82, 2.24) is 4.98 Å². The average Bonchev–Trinajstić information content (AvgIpc) is 2.43. The van der Waals surface area contributed by atoms with Gasteiger partial charge >= 0.3 is 0 Å². The Bertz CT molecular complexity index is 345. The second kappa shape index (κ2) is 6.30. The van der Waals surface area contributed by atoms with Gasteiger partial charge < -0.3 is 10.5 Å². The Morgan fingerprint density at radius 2 is 2.22 bits per heavy atom. The van der Waals surface area contributed by atoms with E-state index in [1.807, 2.05) is 12.3 Å². The van der Waals surface area contributed by atoms with E-state index < -0.39 is 0 Å². The molecule has 0 spiro atoms. The van der Waals surface area contributed by atoms with Gasteiger partial charge in [0.25, 0.3) is 0 Å². The van der Waals surface area contributed by atoms with Crippen LogP contribution in [0.1, 0.15) is 38.2 Å². The van der Waals surface area contributed by atoms with E-state index in [1.165, 1.54) is 18.4 Å². The number of aromatic nitrogens is 1. The highest BCUT2D eigenvalue weighted by Crippen LogP contribution is 2.34. The van der Waals surface area contributed by atoms with Crippen molar-refractivity contribution in [2.45, 2.75) is 44.6 Å². The summed E-state index contributed by atoms with van der Waals surface area (Å²) in [5.74, 6) is 0.826. The van der Waals surface area contributed by atoms with Gasteiger partial charge in [0.1, 0.15) is 0 Å². The first-order valence-electron chi connectivity index (χ1n) is 6.97. The molecule has 2 rings (SSSR count). The van der Waals surface area contributed by atoms with E-state index in [2.05, 4.69) is 18.0 Å². The standard InChI is InChI=1S/C15H24N2O/c1-13-4-7-15(12-16,8-5-13)18-10-6-14-3-2-9-17-11-14/h2-3,9,11,13H,4-8,10,12,16H2,1H3. The van der Waals surface area contributed by atoms with E-state index in [0.29, 0.717) is 6.54 Å². The molecular weight excluding hydrogens is 224 g/mol. The number of ether oxygens (including phenoxy) is 1. The third-order valence-electron chi connectivity index (χ3n) is 4.08. The molecule has 1 aromatic heterocycles. The Kier molecular flexibility index (Phi) is 4.72. The highest BCUT2D eigenvalue weighted by Gasteiger charge is 2.33. The van der Waals surface area contributed by atoms with Crippen molar-refractivity contribution in [3.63, 3.8) is 0 Å². The van der Waals surface area contributed by atoms with Crippen LogP contribution >= 0.6 is 0 Å². The van der Waals surface area contributed by atoms with Gasteiger partial charge in [0.2, 0.25) is 0 Å². The Hall–Kier alpha value is -0.930. The van der Waals surface area contributed by atoms with Gasteiger partial charge in [-0.15, -0.1) is 0 Å². The summed E-state index contributed by atoms with van der Waals surface area (Å²) in [7, 11) is 0. The molecule has 2 N–H and O–H groups in total. The summed E-state index contributed by atoms with van der Waals surface area (Å²) in [5.41, 5.74) is 7.10. The highest BCUT2D eigenvalue weighted by atomic mass is 16.5. The van der Waals surface area contributed by atoms with E-state index in [4.69, 9.17) is 10.5 Å². The third-order valence-corrected chi connectivity index (χ3v) is 4.08. The molecule has 1 aliphatic rings. The molecule has 0 saturated heterocycles. The number of nitrogens with zero attached hydrogens (tertiary/aromatic N) is 1. The molecule has 1 aliphatic carbocycles. The monoisotopic (exact) mass is 248 g/mol. The van der Waals surface area contributed by atoms with Crippen LogP contribution in [0.25, 0.3) is 0 Å². The number of hydrogen-bond donors (Lipinski definition) is 1. The van der Waals surface area contributed by atoms with E-state index in [0.717, 1.165) is 31.8 Å². The number of nitrogens with two attached hydrogens (primary N) is 1. The van der Waals surface area contributed by atoms with Gasteiger partial charge in [-0.25, -0.2) is 0 Å². The first-order valence-corrected chi connectivity index (χ1v) is 6.97. The average molecular weight is 248 g/mol. The molecule has 100 valence electrons. The van der Waals surface area contributed by atoms with Gasteiger partial charge in [0.05, 0.1) is 12.2 Å². The zero-order chi connectivity index (χ0) is 12.8. The van der Waals surface area contributed by atoms with Gasteiger partial charge in [0, 0.05) is 18.9 Å². The molecule has 0 unspecified atom stereocenters. The molecule has 0 atom stereocenters. The van der Waals surface area contributed by atoms with Crippen LogP contribution in [-0.4, -0.2) is 23.7 Å². The lowest BCUT2D eigenvalue weighted by Crippen LogP contribution is -2.44. The van der Waals surface area contributed by atoms with Crippen LogP contribution in [0.5, 0.6) is 0 Å². The number of rotatable bonds is 5. The third kappa shape index (κ3) is 3.53. The quantitative estimate of drug-likeness (QED) is 0.871. The summed E-state index contributed by atoms with van der Waals surface area (Å²) in [6.45, 7) is 3.71. The van der Waals surface area contributed by atoms with Crippen molar-refractivity contribution in [2.24, 2.45) is 11.7 Å². The Balaban J connectivity index is 1.81. The number of pyridine rings is 1. The molecule has 1 aromatic rings. The molecule has 3 nitrogen and oxygen atoms in total. The fourth-order valence-electron chi connectivity index (χ4n) is 2.63. The van der Waals surface area contributed by atoms with Gasteiger partial charge in [0.15, 0.2) is 0 Å². The normalized spacial score (nSPS) is 28.2. The van der Waals surface area contributed by atoms with Crippen molar-refractivity contribution in [2.75, 3.05) is 13.2 Å². The highest BCUT2D eigenvalue weighted by molar-refractivity contribution is 5.08. The minimum Gasteiger partial charge on any atom is -0.373 e. The Morgan fingerprint density at radius 3 is 2.83 bits per heavy atom. The van der Waals surface area contributed by atoms with Gasteiger partial charge in [-0.05, 0) is 49.7 Å². The van der Waals surface area contributed by atoms with Crippen LogP contribution in [0.2, 0.25) is 0 Å². The predicted molar refractivity (Wildman–Crippen MR) is 73.3 cm³/mol.